The van der Waals surface area contributed by atoms with E-state index in [1.165, 1.54) is 23.7 Å². The zero-order chi connectivity index (χ0) is 13.9. The van der Waals surface area contributed by atoms with Gasteiger partial charge in [-0.2, -0.15) is 0 Å². The second-order valence-corrected chi connectivity index (χ2v) is 6.16. The fourth-order valence-corrected chi connectivity index (χ4v) is 3.13. The molecule has 0 radical (unpaired) electrons. The standard InChI is InChI=1S/C17H24N2O/c1-14-6-9-18(10-7-14)12-16(20)13-19-11-8-15-4-2-3-5-17(15)19/h2-5,8,11,14,16,20H,6-7,9-10,12-13H2,1H3. The predicted octanol–water partition coefficient (Wildman–Crippen LogP) is 2.73. The predicted molar refractivity (Wildman–Crippen MR) is 82.8 cm³/mol. The number of likely N-dealkylation sites (tertiary alicyclic amines) is 1. The van der Waals surface area contributed by atoms with Crippen molar-refractivity contribution in [1.82, 2.24) is 9.47 Å². The van der Waals surface area contributed by atoms with Crippen molar-refractivity contribution < 1.29 is 5.11 Å². The lowest BCUT2D eigenvalue weighted by Crippen LogP contribution is -2.39. The van der Waals surface area contributed by atoms with E-state index in [1.54, 1.807) is 0 Å². The van der Waals surface area contributed by atoms with Crippen molar-refractivity contribution in [1.29, 1.82) is 0 Å². The Labute approximate surface area is 120 Å². The number of piperidine rings is 1. The molecule has 1 aliphatic heterocycles. The summed E-state index contributed by atoms with van der Waals surface area (Å²) >= 11 is 0. The molecule has 3 nitrogen and oxygen atoms in total. The molecule has 0 saturated carbocycles. The summed E-state index contributed by atoms with van der Waals surface area (Å²) in [6, 6.07) is 10.5. The number of hydrogen-bond acceptors (Lipinski definition) is 2. The SMILES string of the molecule is CC1CCN(CC(O)Cn2ccc3ccccc32)CC1. The number of aliphatic hydroxyl groups excluding tert-OH is 1. The van der Waals surface area contributed by atoms with Gasteiger partial charge in [0, 0.05) is 24.8 Å². The van der Waals surface area contributed by atoms with Gasteiger partial charge in [-0.15, -0.1) is 0 Å². The van der Waals surface area contributed by atoms with E-state index in [2.05, 4.69) is 52.9 Å². The highest BCUT2D eigenvalue weighted by Crippen LogP contribution is 2.18. The monoisotopic (exact) mass is 272 g/mol. The van der Waals surface area contributed by atoms with Crippen molar-refractivity contribution in [2.45, 2.75) is 32.4 Å². The largest absolute Gasteiger partial charge is 0.390 e. The molecule has 1 aliphatic rings. The first-order chi connectivity index (χ1) is 9.72. The third-order valence-corrected chi connectivity index (χ3v) is 4.43. The maximum Gasteiger partial charge on any atom is 0.0845 e. The van der Waals surface area contributed by atoms with Crippen molar-refractivity contribution in [2.24, 2.45) is 5.92 Å². The molecule has 1 N–H and O–H groups in total. The Kier molecular flexibility index (Phi) is 4.08. The first kappa shape index (κ1) is 13.7. The third-order valence-electron chi connectivity index (χ3n) is 4.43. The van der Waals surface area contributed by atoms with Crippen LogP contribution in [0.5, 0.6) is 0 Å². The van der Waals surface area contributed by atoms with Gasteiger partial charge >= 0.3 is 0 Å². The Hall–Kier alpha value is -1.32. The van der Waals surface area contributed by atoms with E-state index >= 15 is 0 Å². The van der Waals surface area contributed by atoms with Crippen LogP contribution in [0.25, 0.3) is 10.9 Å². The minimum atomic E-state index is -0.292. The number of rotatable bonds is 4. The summed E-state index contributed by atoms with van der Waals surface area (Å²) in [5.41, 5.74) is 1.21. The van der Waals surface area contributed by atoms with Crippen molar-refractivity contribution in [2.75, 3.05) is 19.6 Å². The molecule has 1 atom stereocenters. The van der Waals surface area contributed by atoms with Gasteiger partial charge in [0.2, 0.25) is 0 Å². The van der Waals surface area contributed by atoms with Crippen molar-refractivity contribution in [3.63, 3.8) is 0 Å². The number of β-amino-alcohol motifs (C(OH)–C–C–N with tert-alkyl or cyclic N) is 1. The van der Waals surface area contributed by atoms with Gasteiger partial charge in [0.05, 0.1) is 6.10 Å². The Balaban J connectivity index is 1.60. The number of fused-ring (bicyclic) bond motifs is 1. The van der Waals surface area contributed by atoms with Gasteiger partial charge in [-0.3, -0.25) is 0 Å². The van der Waals surface area contributed by atoms with Crippen LogP contribution < -0.4 is 0 Å². The Morgan fingerprint density at radius 2 is 1.90 bits per heavy atom. The van der Waals surface area contributed by atoms with E-state index in [9.17, 15) is 5.11 Å². The average Bonchev–Trinajstić information content (AvgIpc) is 2.85. The number of aromatic nitrogens is 1. The Morgan fingerprint density at radius 3 is 2.70 bits per heavy atom. The van der Waals surface area contributed by atoms with Gasteiger partial charge in [-0.1, -0.05) is 25.1 Å². The average molecular weight is 272 g/mol. The van der Waals surface area contributed by atoms with Crippen LogP contribution in [0.3, 0.4) is 0 Å². The highest BCUT2D eigenvalue weighted by atomic mass is 16.3. The summed E-state index contributed by atoms with van der Waals surface area (Å²) in [5.74, 6) is 0.844. The van der Waals surface area contributed by atoms with Crippen LogP contribution in [-0.2, 0) is 6.54 Å². The second kappa shape index (κ2) is 5.98. The maximum atomic E-state index is 10.3. The quantitative estimate of drug-likeness (QED) is 0.927. The van der Waals surface area contributed by atoms with Crippen LogP contribution in [0.4, 0.5) is 0 Å². The fourth-order valence-electron chi connectivity index (χ4n) is 3.13. The minimum Gasteiger partial charge on any atom is -0.390 e. The van der Waals surface area contributed by atoms with E-state index in [0.717, 1.165) is 25.6 Å². The lowest BCUT2D eigenvalue weighted by Gasteiger charge is -2.31. The summed E-state index contributed by atoms with van der Waals surface area (Å²) < 4.78 is 2.16. The normalized spacial score (nSPS) is 19.5. The Bertz CT molecular complexity index is 555. The highest BCUT2D eigenvalue weighted by molar-refractivity contribution is 5.79. The molecule has 3 heteroatoms. The number of para-hydroxylation sites is 1. The number of nitrogens with zero attached hydrogens (tertiary/aromatic N) is 2. The van der Waals surface area contributed by atoms with E-state index in [-0.39, 0.29) is 6.10 Å². The van der Waals surface area contributed by atoms with Gasteiger partial charge < -0.3 is 14.6 Å². The third kappa shape index (κ3) is 3.05. The fraction of sp³-hybridized carbons (Fsp3) is 0.529. The second-order valence-electron chi connectivity index (χ2n) is 6.16. The van der Waals surface area contributed by atoms with Crippen molar-refractivity contribution in [3.05, 3.63) is 36.5 Å². The van der Waals surface area contributed by atoms with Crippen molar-refractivity contribution >= 4 is 10.9 Å². The summed E-state index contributed by atoms with van der Waals surface area (Å²) in [5, 5.41) is 11.6. The molecular weight excluding hydrogens is 248 g/mol. The molecular formula is C17H24N2O. The molecule has 1 fully saturated rings. The van der Waals surface area contributed by atoms with Gasteiger partial charge in [0.1, 0.15) is 0 Å². The van der Waals surface area contributed by atoms with Crippen LogP contribution in [0.1, 0.15) is 19.8 Å². The summed E-state index contributed by atoms with van der Waals surface area (Å²) in [4.78, 5) is 2.40. The lowest BCUT2D eigenvalue weighted by atomic mass is 9.99. The van der Waals surface area contributed by atoms with Crippen LogP contribution >= 0.6 is 0 Å². The van der Waals surface area contributed by atoms with Crippen LogP contribution in [-0.4, -0.2) is 40.3 Å². The van der Waals surface area contributed by atoms with E-state index in [4.69, 9.17) is 0 Å². The minimum absolute atomic E-state index is 0.292. The smallest absolute Gasteiger partial charge is 0.0845 e. The van der Waals surface area contributed by atoms with Gasteiger partial charge in [-0.05, 0) is 49.4 Å². The van der Waals surface area contributed by atoms with Crippen LogP contribution in [0.2, 0.25) is 0 Å². The number of hydrogen-bond donors (Lipinski definition) is 1. The number of aliphatic hydroxyl groups is 1. The molecule has 20 heavy (non-hydrogen) atoms. The van der Waals surface area contributed by atoms with Crippen molar-refractivity contribution in [3.8, 4) is 0 Å². The highest BCUT2D eigenvalue weighted by Gasteiger charge is 2.18. The molecule has 0 bridgehead atoms. The molecule has 2 heterocycles. The first-order valence-corrected chi connectivity index (χ1v) is 7.66. The first-order valence-electron chi connectivity index (χ1n) is 7.66. The molecule has 0 spiro atoms. The zero-order valence-electron chi connectivity index (χ0n) is 12.2. The van der Waals surface area contributed by atoms with E-state index in [1.807, 2.05) is 0 Å². The summed E-state index contributed by atoms with van der Waals surface area (Å²) in [6.07, 6.45) is 4.31. The molecule has 3 rings (SSSR count). The molecule has 1 aromatic heterocycles. The van der Waals surface area contributed by atoms with E-state index in [0.29, 0.717) is 6.54 Å². The zero-order valence-corrected chi connectivity index (χ0v) is 12.2. The molecule has 0 amide bonds. The molecule has 1 unspecified atom stereocenters. The Morgan fingerprint density at radius 1 is 1.15 bits per heavy atom. The topological polar surface area (TPSA) is 28.4 Å². The maximum absolute atomic E-state index is 10.3. The molecule has 0 aliphatic carbocycles. The molecule has 1 aromatic carbocycles. The van der Waals surface area contributed by atoms with E-state index < -0.39 is 0 Å². The number of benzene rings is 1. The van der Waals surface area contributed by atoms with Crippen LogP contribution in [0.15, 0.2) is 36.5 Å². The van der Waals surface area contributed by atoms with Gasteiger partial charge in [0.25, 0.3) is 0 Å². The summed E-state index contributed by atoms with van der Waals surface area (Å²) in [7, 11) is 0. The van der Waals surface area contributed by atoms with Gasteiger partial charge in [0.15, 0.2) is 0 Å². The van der Waals surface area contributed by atoms with Crippen LogP contribution in [0, 0.1) is 5.92 Å². The molecule has 1 saturated heterocycles. The molecule has 2 aromatic rings. The summed E-state index contributed by atoms with van der Waals surface area (Å²) in [6.45, 7) is 6.05. The lowest BCUT2D eigenvalue weighted by molar-refractivity contribution is 0.0810. The van der Waals surface area contributed by atoms with Gasteiger partial charge in [-0.25, -0.2) is 0 Å². The molecule has 108 valence electrons.